The molecule has 1 unspecified atom stereocenters. The van der Waals surface area contributed by atoms with Crippen LogP contribution in [0.2, 0.25) is 5.04 Å². The van der Waals surface area contributed by atoms with Gasteiger partial charge in [-0.2, -0.15) is 0 Å². The predicted molar refractivity (Wildman–Crippen MR) is 111 cm³/mol. The highest BCUT2D eigenvalue weighted by Gasteiger charge is 2.53. The molecule has 0 saturated carbocycles. The third-order valence-corrected chi connectivity index (χ3v) is 10.3. The topological polar surface area (TPSA) is 30.5 Å². The largest absolute Gasteiger partial charge is 0.399 e. The van der Waals surface area contributed by atoms with E-state index in [1.807, 2.05) is 0 Å². The molecule has 4 heteroatoms. The van der Waals surface area contributed by atoms with Crippen molar-refractivity contribution in [2.75, 3.05) is 26.3 Å². The monoisotopic (exact) mass is 369 g/mol. The van der Waals surface area contributed by atoms with Gasteiger partial charge in [-0.3, -0.25) is 0 Å². The molecule has 1 aliphatic heterocycles. The minimum atomic E-state index is -2.55. The number of ether oxygens (including phenoxy) is 1. The molecule has 2 aromatic rings. The van der Waals surface area contributed by atoms with Gasteiger partial charge in [0, 0.05) is 13.1 Å². The van der Waals surface area contributed by atoms with Gasteiger partial charge in [0.2, 0.25) is 0 Å². The molecule has 0 spiro atoms. The third-order valence-electron chi connectivity index (χ3n) is 5.15. The molecule has 0 bridgehead atoms. The van der Waals surface area contributed by atoms with Crippen LogP contribution in [0.3, 0.4) is 0 Å². The summed E-state index contributed by atoms with van der Waals surface area (Å²) in [4.78, 5) is 0. The fourth-order valence-corrected chi connectivity index (χ4v) is 8.72. The second-order valence-electron chi connectivity index (χ2n) is 8.44. The number of benzene rings is 2. The summed E-state index contributed by atoms with van der Waals surface area (Å²) in [5.41, 5.74) is -0.359. The maximum absolute atomic E-state index is 7.23. The van der Waals surface area contributed by atoms with E-state index >= 15 is 0 Å². The molecule has 0 aliphatic carbocycles. The maximum atomic E-state index is 7.23. The molecule has 2 aromatic carbocycles. The van der Waals surface area contributed by atoms with E-state index < -0.39 is 8.32 Å². The number of rotatable bonds is 4. The van der Waals surface area contributed by atoms with Crippen LogP contribution in [0.15, 0.2) is 60.7 Å². The summed E-state index contributed by atoms with van der Waals surface area (Å²) < 4.78 is 13.1. The van der Waals surface area contributed by atoms with Gasteiger partial charge in [-0.25, -0.2) is 0 Å². The van der Waals surface area contributed by atoms with E-state index in [-0.39, 0.29) is 10.6 Å². The van der Waals surface area contributed by atoms with Crippen molar-refractivity contribution in [3.63, 3.8) is 0 Å². The first-order valence-electron chi connectivity index (χ1n) is 9.47. The number of hydrogen-bond acceptors (Lipinski definition) is 3. The standard InChI is InChI=1S/C22H31NO2Si/c1-21(2,3)26(19-11-7-5-8-12-19,20-13-9-6-10-14-20)25-22(4)17-23-15-16-24-18-22/h5-14,23H,15-18H2,1-4H3. The maximum Gasteiger partial charge on any atom is 0.261 e. The Morgan fingerprint density at radius 1 is 0.962 bits per heavy atom. The second kappa shape index (κ2) is 7.65. The molecular weight excluding hydrogens is 338 g/mol. The SMILES string of the molecule is CC1(O[Si](c2ccccc2)(c2ccccc2)C(C)(C)C)CNCCOC1. The lowest BCUT2D eigenvalue weighted by Gasteiger charge is -2.48. The Morgan fingerprint density at radius 2 is 1.50 bits per heavy atom. The lowest BCUT2D eigenvalue weighted by Crippen LogP contribution is -2.70. The van der Waals surface area contributed by atoms with Gasteiger partial charge in [-0.1, -0.05) is 81.4 Å². The molecule has 1 aliphatic rings. The molecule has 1 N–H and O–H groups in total. The van der Waals surface area contributed by atoms with Gasteiger partial charge in [0.15, 0.2) is 0 Å². The zero-order valence-corrected chi connectivity index (χ0v) is 17.4. The summed E-state index contributed by atoms with van der Waals surface area (Å²) in [5, 5.41) is 6.08. The third kappa shape index (κ3) is 3.79. The Balaban J connectivity index is 2.17. The highest BCUT2D eigenvalue weighted by atomic mass is 28.4. The molecule has 3 nitrogen and oxygen atoms in total. The van der Waals surface area contributed by atoms with Gasteiger partial charge >= 0.3 is 0 Å². The van der Waals surface area contributed by atoms with E-state index in [2.05, 4.69) is 93.7 Å². The predicted octanol–water partition coefficient (Wildman–Crippen LogP) is 2.94. The van der Waals surface area contributed by atoms with Crippen molar-refractivity contribution < 1.29 is 9.16 Å². The molecule has 140 valence electrons. The Hall–Kier alpha value is -1.46. The minimum Gasteiger partial charge on any atom is -0.399 e. The van der Waals surface area contributed by atoms with E-state index in [1.165, 1.54) is 10.4 Å². The molecule has 26 heavy (non-hydrogen) atoms. The Bertz CT molecular complexity index is 650. The normalized spacial score (nSPS) is 22.0. The lowest BCUT2D eigenvalue weighted by atomic mass is 10.1. The van der Waals surface area contributed by atoms with Crippen LogP contribution < -0.4 is 15.7 Å². The van der Waals surface area contributed by atoms with Gasteiger partial charge in [0.05, 0.1) is 18.8 Å². The summed E-state index contributed by atoms with van der Waals surface area (Å²) in [6.07, 6.45) is 0. The molecule has 0 radical (unpaired) electrons. The second-order valence-corrected chi connectivity index (χ2v) is 12.7. The smallest absolute Gasteiger partial charge is 0.261 e. The molecule has 1 atom stereocenters. The van der Waals surface area contributed by atoms with Gasteiger partial charge in [0.25, 0.3) is 8.32 Å². The van der Waals surface area contributed by atoms with Crippen molar-refractivity contribution in [2.45, 2.75) is 38.3 Å². The molecular formula is C22H31NO2Si. The average molecular weight is 370 g/mol. The average Bonchev–Trinajstić information content (AvgIpc) is 2.85. The molecule has 1 saturated heterocycles. The molecule has 1 heterocycles. The van der Waals surface area contributed by atoms with Crippen molar-refractivity contribution in [1.82, 2.24) is 5.32 Å². The first-order chi connectivity index (χ1) is 12.4. The van der Waals surface area contributed by atoms with Crippen molar-refractivity contribution in [2.24, 2.45) is 0 Å². The van der Waals surface area contributed by atoms with E-state index in [4.69, 9.17) is 9.16 Å². The fourth-order valence-electron chi connectivity index (χ4n) is 3.92. The fraction of sp³-hybridized carbons (Fsp3) is 0.455. The Labute approximate surface area is 158 Å². The lowest BCUT2D eigenvalue weighted by molar-refractivity contribution is -0.00149. The quantitative estimate of drug-likeness (QED) is 0.841. The van der Waals surface area contributed by atoms with Crippen LogP contribution in [0.5, 0.6) is 0 Å². The van der Waals surface area contributed by atoms with Gasteiger partial charge < -0.3 is 14.5 Å². The van der Waals surface area contributed by atoms with Gasteiger partial charge in [0.1, 0.15) is 0 Å². The van der Waals surface area contributed by atoms with Crippen molar-refractivity contribution >= 4 is 18.7 Å². The van der Waals surface area contributed by atoms with Gasteiger partial charge in [-0.05, 0) is 22.3 Å². The molecule has 3 rings (SSSR count). The summed E-state index contributed by atoms with van der Waals surface area (Å²) in [7, 11) is -2.55. The van der Waals surface area contributed by atoms with E-state index in [1.54, 1.807) is 0 Å². The zero-order chi connectivity index (χ0) is 18.7. The molecule has 0 amide bonds. The number of nitrogens with one attached hydrogen (secondary N) is 1. The highest BCUT2D eigenvalue weighted by Crippen LogP contribution is 2.39. The van der Waals surface area contributed by atoms with Gasteiger partial charge in [-0.15, -0.1) is 0 Å². The molecule has 0 aromatic heterocycles. The first kappa shape index (κ1) is 19.3. The molecule has 1 fully saturated rings. The van der Waals surface area contributed by atoms with Crippen LogP contribution in [0, 0.1) is 0 Å². The summed E-state index contributed by atoms with van der Waals surface area (Å²) in [5.74, 6) is 0. The van der Waals surface area contributed by atoms with Crippen LogP contribution >= 0.6 is 0 Å². The highest BCUT2D eigenvalue weighted by molar-refractivity contribution is 6.99. The minimum absolute atomic E-state index is 0.0228. The van der Waals surface area contributed by atoms with E-state index in [0.717, 1.165) is 19.7 Å². The summed E-state index contributed by atoms with van der Waals surface area (Å²) in [6.45, 7) is 12.2. The van der Waals surface area contributed by atoms with Crippen molar-refractivity contribution in [1.29, 1.82) is 0 Å². The van der Waals surface area contributed by atoms with Crippen LogP contribution in [-0.4, -0.2) is 40.2 Å². The van der Waals surface area contributed by atoms with Crippen LogP contribution in [-0.2, 0) is 9.16 Å². The van der Waals surface area contributed by atoms with Crippen LogP contribution in [0.4, 0.5) is 0 Å². The van der Waals surface area contributed by atoms with Crippen molar-refractivity contribution in [3.8, 4) is 0 Å². The first-order valence-corrected chi connectivity index (χ1v) is 11.4. The summed E-state index contributed by atoms with van der Waals surface area (Å²) in [6, 6.07) is 21.6. The van der Waals surface area contributed by atoms with E-state index in [9.17, 15) is 0 Å². The van der Waals surface area contributed by atoms with Crippen LogP contribution in [0.25, 0.3) is 0 Å². The Morgan fingerprint density at radius 3 is 2.00 bits per heavy atom. The number of hydrogen-bond donors (Lipinski definition) is 1. The zero-order valence-electron chi connectivity index (χ0n) is 16.4. The Kier molecular flexibility index (Phi) is 5.68. The van der Waals surface area contributed by atoms with E-state index in [0.29, 0.717) is 6.61 Å². The van der Waals surface area contributed by atoms with Crippen molar-refractivity contribution in [3.05, 3.63) is 60.7 Å². The summed E-state index contributed by atoms with van der Waals surface area (Å²) >= 11 is 0. The van der Waals surface area contributed by atoms with Crippen LogP contribution in [0.1, 0.15) is 27.7 Å².